The molecule has 0 bridgehead atoms. The van der Waals surface area contributed by atoms with Crippen molar-refractivity contribution in [1.29, 1.82) is 0 Å². The van der Waals surface area contributed by atoms with Crippen LogP contribution in [0.1, 0.15) is 16.4 Å². The Kier molecular flexibility index (Phi) is 6.07. The average molecular weight is 348 g/mol. The zero-order valence-corrected chi connectivity index (χ0v) is 13.9. The van der Waals surface area contributed by atoms with Crippen molar-refractivity contribution in [3.63, 3.8) is 0 Å². The molecule has 0 saturated heterocycles. The number of aryl methyl sites for hydroxylation is 1. The lowest BCUT2D eigenvalue weighted by atomic mass is 10.1. The topological polar surface area (TPSA) is 107 Å². The minimum absolute atomic E-state index is 0.0376. The number of hydrogen-bond acceptors (Lipinski definition) is 8. The molecular formula is C15H16N4O4S. The van der Waals surface area contributed by atoms with Gasteiger partial charge in [-0.2, -0.15) is 11.8 Å². The number of thioether (sulfide) groups is 1. The fraction of sp³-hybridized carbons (Fsp3) is 0.267. The summed E-state index contributed by atoms with van der Waals surface area (Å²) >= 11 is 1.46. The van der Waals surface area contributed by atoms with Crippen molar-refractivity contribution >= 4 is 35.4 Å². The Morgan fingerprint density at radius 2 is 2.29 bits per heavy atom. The molecule has 0 aliphatic carbocycles. The van der Waals surface area contributed by atoms with Gasteiger partial charge in [0, 0.05) is 17.8 Å². The number of ether oxygens (including phenoxy) is 1. The maximum Gasteiger partial charge on any atom is 0.293 e. The van der Waals surface area contributed by atoms with E-state index in [1.807, 2.05) is 6.26 Å². The number of anilines is 2. The normalized spacial score (nSPS) is 11.6. The van der Waals surface area contributed by atoms with Gasteiger partial charge in [-0.1, -0.05) is 6.07 Å². The lowest BCUT2D eigenvalue weighted by Crippen LogP contribution is -2.09. The Bertz CT molecular complexity index is 741. The SMILES string of the molecule is CSC(COC=O)c1cncnc1Nc1ccc(C)cc1[N+](=O)[O-]. The number of nitro benzene ring substituents is 1. The van der Waals surface area contributed by atoms with E-state index in [0.29, 0.717) is 23.5 Å². The molecule has 1 N–H and O–H groups in total. The molecule has 1 heterocycles. The van der Waals surface area contributed by atoms with Gasteiger partial charge in [-0.25, -0.2) is 9.97 Å². The zero-order chi connectivity index (χ0) is 17.5. The Morgan fingerprint density at radius 3 is 2.96 bits per heavy atom. The Labute approximate surface area is 142 Å². The summed E-state index contributed by atoms with van der Waals surface area (Å²) in [4.78, 5) is 29.4. The summed E-state index contributed by atoms with van der Waals surface area (Å²) in [6, 6.07) is 4.90. The lowest BCUT2D eigenvalue weighted by molar-refractivity contribution is -0.384. The van der Waals surface area contributed by atoms with Gasteiger partial charge in [-0.3, -0.25) is 14.9 Å². The predicted octanol–water partition coefficient (Wildman–Crippen LogP) is 3.01. The maximum absolute atomic E-state index is 11.3. The van der Waals surface area contributed by atoms with Crippen LogP contribution in [-0.2, 0) is 9.53 Å². The van der Waals surface area contributed by atoms with Crippen LogP contribution in [0.5, 0.6) is 0 Å². The molecule has 2 aromatic rings. The lowest BCUT2D eigenvalue weighted by Gasteiger charge is -2.17. The molecule has 0 fully saturated rings. The third-order valence-corrected chi connectivity index (χ3v) is 4.25. The molecule has 0 aliphatic heterocycles. The number of benzene rings is 1. The molecule has 9 heteroatoms. The first-order valence-corrected chi connectivity index (χ1v) is 8.25. The second-order valence-corrected chi connectivity index (χ2v) is 5.92. The van der Waals surface area contributed by atoms with Gasteiger partial charge in [0.05, 0.1) is 10.2 Å². The maximum atomic E-state index is 11.3. The van der Waals surface area contributed by atoms with E-state index in [1.54, 1.807) is 25.3 Å². The van der Waals surface area contributed by atoms with Gasteiger partial charge in [-0.15, -0.1) is 0 Å². The molecule has 0 aliphatic rings. The summed E-state index contributed by atoms with van der Waals surface area (Å²) in [7, 11) is 0. The second kappa shape index (κ2) is 8.25. The molecule has 1 aromatic carbocycles. The van der Waals surface area contributed by atoms with Gasteiger partial charge in [0.1, 0.15) is 24.4 Å². The van der Waals surface area contributed by atoms with Crippen LogP contribution in [0.3, 0.4) is 0 Å². The number of nitro groups is 1. The quantitative estimate of drug-likeness (QED) is 0.441. The van der Waals surface area contributed by atoms with E-state index in [0.717, 1.165) is 5.56 Å². The first kappa shape index (κ1) is 17.7. The van der Waals surface area contributed by atoms with E-state index in [1.165, 1.54) is 24.2 Å². The van der Waals surface area contributed by atoms with Crippen LogP contribution in [0.15, 0.2) is 30.7 Å². The molecule has 1 atom stereocenters. The largest absolute Gasteiger partial charge is 0.466 e. The molecule has 1 aromatic heterocycles. The highest BCUT2D eigenvalue weighted by atomic mass is 32.2. The molecule has 24 heavy (non-hydrogen) atoms. The van der Waals surface area contributed by atoms with Gasteiger partial charge >= 0.3 is 0 Å². The average Bonchev–Trinajstić information content (AvgIpc) is 2.58. The van der Waals surface area contributed by atoms with Crippen LogP contribution in [-0.4, -0.2) is 34.2 Å². The molecular weight excluding hydrogens is 332 g/mol. The van der Waals surface area contributed by atoms with Crippen LogP contribution < -0.4 is 5.32 Å². The third kappa shape index (κ3) is 4.19. The summed E-state index contributed by atoms with van der Waals surface area (Å²) in [5, 5.41) is 14.0. The molecule has 0 radical (unpaired) electrons. The summed E-state index contributed by atoms with van der Waals surface area (Å²) in [6.45, 7) is 2.32. The number of nitrogens with one attached hydrogen (secondary N) is 1. The predicted molar refractivity (Wildman–Crippen MR) is 91.4 cm³/mol. The molecule has 8 nitrogen and oxygen atoms in total. The van der Waals surface area contributed by atoms with E-state index in [2.05, 4.69) is 15.3 Å². The minimum Gasteiger partial charge on any atom is -0.466 e. The van der Waals surface area contributed by atoms with Crippen molar-refractivity contribution in [2.24, 2.45) is 0 Å². The minimum atomic E-state index is -0.447. The van der Waals surface area contributed by atoms with Crippen molar-refractivity contribution < 1.29 is 14.5 Å². The first-order valence-electron chi connectivity index (χ1n) is 6.96. The Balaban J connectivity index is 2.37. The van der Waals surface area contributed by atoms with Crippen LogP contribution in [0, 0.1) is 17.0 Å². The van der Waals surface area contributed by atoms with E-state index >= 15 is 0 Å². The van der Waals surface area contributed by atoms with E-state index < -0.39 is 4.92 Å². The molecule has 0 saturated carbocycles. The smallest absolute Gasteiger partial charge is 0.293 e. The summed E-state index contributed by atoms with van der Waals surface area (Å²) in [5.41, 5.74) is 1.78. The van der Waals surface area contributed by atoms with Crippen molar-refractivity contribution in [1.82, 2.24) is 9.97 Å². The number of carbonyl (C=O) groups excluding carboxylic acids is 1. The molecule has 126 valence electrons. The van der Waals surface area contributed by atoms with Crippen molar-refractivity contribution in [3.8, 4) is 0 Å². The van der Waals surface area contributed by atoms with Gasteiger partial charge in [0.15, 0.2) is 0 Å². The standard InChI is InChI=1S/C15H16N4O4S/c1-10-3-4-12(13(5-10)19(21)22)18-15-11(6-16-8-17-15)14(24-2)7-23-9-20/h3-6,8-9,14H,7H2,1-2H3,(H,16,17,18). The zero-order valence-electron chi connectivity index (χ0n) is 13.1. The first-order chi connectivity index (χ1) is 11.6. The fourth-order valence-corrected chi connectivity index (χ4v) is 2.76. The monoisotopic (exact) mass is 348 g/mol. The molecule has 2 rings (SSSR count). The van der Waals surface area contributed by atoms with Gasteiger partial charge < -0.3 is 10.1 Å². The van der Waals surface area contributed by atoms with E-state index in [9.17, 15) is 14.9 Å². The van der Waals surface area contributed by atoms with Crippen LogP contribution in [0.4, 0.5) is 17.2 Å². The molecule has 0 amide bonds. The summed E-state index contributed by atoms with van der Waals surface area (Å²) in [6.07, 6.45) is 4.82. The van der Waals surface area contributed by atoms with Crippen LogP contribution >= 0.6 is 11.8 Å². The molecule has 0 spiro atoms. The highest BCUT2D eigenvalue weighted by molar-refractivity contribution is 7.98. The summed E-state index contributed by atoms with van der Waals surface area (Å²) < 4.78 is 4.83. The highest BCUT2D eigenvalue weighted by Gasteiger charge is 2.20. The van der Waals surface area contributed by atoms with Gasteiger partial charge in [0.25, 0.3) is 12.2 Å². The van der Waals surface area contributed by atoms with E-state index in [4.69, 9.17) is 4.74 Å². The van der Waals surface area contributed by atoms with Crippen molar-refractivity contribution in [3.05, 3.63) is 52.0 Å². The molecule has 1 unspecified atom stereocenters. The number of aromatic nitrogens is 2. The fourth-order valence-electron chi connectivity index (χ4n) is 2.12. The number of rotatable bonds is 8. The second-order valence-electron chi connectivity index (χ2n) is 4.88. The van der Waals surface area contributed by atoms with Crippen molar-refractivity contribution in [2.45, 2.75) is 12.2 Å². The third-order valence-electron chi connectivity index (χ3n) is 3.29. The highest BCUT2D eigenvalue weighted by Crippen LogP contribution is 2.34. The van der Waals surface area contributed by atoms with E-state index in [-0.39, 0.29) is 17.5 Å². The summed E-state index contributed by atoms with van der Waals surface area (Å²) in [5.74, 6) is 0.436. The van der Waals surface area contributed by atoms with Crippen LogP contribution in [0.2, 0.25) is 0 Å². The van der Waals surface area contributed by atoms with Gasteiger partial charge in [0.2, 0.25) is 0 Å². The number of nitrogens with zero attached hydrogens (tertiary/aromatic N) is 3. The number of hydrogen-bond donors (Lipinski definition) is 1. The number of carbonyl (C=O) groups is 1. The van der Waals surface area contributed by atoms with Crippen LogP contribution in [0.25, 0.3) is 0 Å². The Hall–Kier alpha value is -2.68. The van der Waals surface area contributed by atoms with Gasteiger partial charge in [-0.05, 0) is 24.8 Å². The van der Waals surface area contributed by atoms with Crippen molar-refractivity contribution in [2.75, 3.05) is 18.2 Å². The Morgan fingerprint density at radius 1 is 1.50 bits per heavy atom.